The highest BCUT2D eigenvalue weighted by atomic mass is 16.5. The molecule has 3 atom stereocenters. The molecule has 3 unspecified atom stereocenters. The Morgan fingerprint density at radius 3 is 3.00 bits per heavy atom. The zero-order valence-electron chi connectivity index (χ0n) is 11.3. The Kier molecular flexibility index (Phi) is 2.86. The zero-order chi connectivity index (χ0) is 13.5. The van der Waals surface area contributed by atoms with Gasteiger partial charge in [-0.15, -0.1) is 0 Å². The summed E-state index contributed by atoms with van der Waals surface area (Å²) in [6.07, 6.45) is 4.21. The van der Waals surface area contributed by atoms with Gasteiger partial charge in [0, 0.05) is 23.7 Å². The fourth-order valence-electron chi connectivity index (χ4n) is 3.42. The van der Waals surface area contributed by atoms with E-state index in [0.717, 1.165) is 29.3 Å². The third kappa shape index (κ3) is 2.05. The van der Waals surface area contributed by atoms with Crippen LogP contribution in [0, 0.1) is 0 Å². The van der Waals surface area contributed by atoms with Crippen LogP contribution in [-0.2, 0) is 11.3 Å². The summed E-state index contributed by atoms with van der Waals surface area (Å²) in [6.45, 7) is 0.609. The van der Waals surface area contributed by atoms with Gasteiger partial charge < -0.3 is 15.0 Å². The quantitative estimate of drug-likeness (QED) is 0.896. The predicted molar refractivity (Wildman–Crippen MR) is 77.7 cm³/mol. The van der Waals surface area contributed by atoms with Crippen LogP contribution in [0.1, 0.15) is 24.8 Å². The Morgan fingerprint density at radius 2 is 2.20 bits per heavy atom. The van der Waals surface area contributed by atoms with Gasteiger partial charge in [0.1, 0.15) is 0 Å². The highest BCUT2D eigenvalue weighted by Crippen LogP contribution is 2.34. The first-order valence-corrected chi connectivity index (χ1v) is 7.29. The number of fused-ring (bicyclic) bond motifs is 3. The van der Waals surface area contributed by atoms with Gasteiger partial charge >= 0.3 is 0 Å². The first-order chi connectivity index (χ1) is 9.79. The lowest BCUT2D eigenvalue weighted by Gasteiger charge is -2.19. The number of hydrogen-bond donors (Lipinski definition) is 2. The van der Waals surface area contributed by atoms with E-state index in [2.05, 4.69) is 10.3 Å². The highest BCUT2D eigenvalue weighted by Gasteiger charge is 2.40. The Bertz CT molecular complexity index is 694. The smallest absolute Gasteiger partial charge is 0.252 e. The van der Waals surface area contributed by atoms with Crippen LogP contribution < -0.4 is 10.9 Å². The van der Waals surface area contributed by atoms with E-state index in [-0.39, 0.29) is 5.56 Å². The van der Waals surface area contributed by atoms with Crippen LogP contribution in [0.25, 0.3) is 10.9 Å². The summed E-state index contributed by atoms with van der Waals surface area (Å²) in [5, 5.41) is 4.57. The van der Waals surface area contributed by atoms with E-state index in [9.17, 15) is 4.79 Å². The van der Waals surface area contributed by atoms with Crippen molar-refractivity contribution in [1.29, 1.82) is 0 Å². The Labute approximate surface area is 117 Å². The molecule has 20 heavy (non-hydrogen) atoms. The lowest BCUT2D eigenvalue weighted by Crippen LogP contribution is -2.38. The first kappa shape index (κ1) is 12.1. The topological polar surface area (TPSA) is 54.1 Å². The van der Waals surface area contributed by atoms with Crippen molar-refractivity contribution in [2.45, 2.75) is 44.1 Å². The summed E-state index contributed by atoms with van der Waals surface area (Å²) >= 11 is 0. The number of para-hydroxylation sites is 1. The Hall–Kier alpha value is -1.65. The number of pyridine rings is 1. The molecule has 0 aliphatic carbocycles. The molecule has 0 saturated carbocycles. The minimum atomic E-state index is 0.000254. The third-order valence-electron chi connectivity index (χ3n) is 4.49. The largest absolute Gasteiger partial charge is 0.373 e. The molecular formula is C16H18N2O2. The Balaban J connectivity index is 1.53. The lowest BCUT2D eigenvalue weighted by molar-refractivity contribution is 0.0972. The number of H-pyrrole nitrogens is 1. The molecule has 4 rings (SSSR count). The summed E-state index contributed by atoms with van der Waals surface area (Å²) in [4.78, 5) is 15.0. The average Bonchev–Trinajstić information content (AvgIpc) is 3.07. The van der Waals surface area contributed by atoms with Crippen LogP contribution in [0.3, 0.4) is 0 Å². The molecule has 2 bridgehead atoms. The maximum Gasteiger partial charge on any atom is 0.252 e. The number of aromatic amines is 1. The molecule has 0 radical (unpaired) electrons. The van der Waals surface area contributed by atoms with E-state index in [1.165, 1.54) is 6.42 Å². The van der Waals surface area contributed by atoms with Gasteiger partial charge in [0.2, 0.25) is 0 Å². The average molecular weight is 270 g/mol. The van der Waals surface area contributed by atoms with Gasteiger partial charge in [-0.3, -0.25) is 4.79 Å². The van der Waals surface area contributed by atoms with Gasteiger partial charge in [-0.25, -0.2) is 0 Å². The molecule has 104 valence electrons. The minimum absolute atomic E-state index is 0.000254. The van der Waals surface area contributed by atoms with Crippen molar-refractivity contribution in [2.24, 2.45) is 0 Å². The van der Waals surface area contributed by atoms with E-state index in [1.54, 1.807) is 0 Å². The predicted octanol–water partition coefficient (Wildman–Crippen LogP) is 1.94. The second-order valence-corrected chi connectivity index (χ2v) is 5.81. The molecular weight excluding hydrogens is 252 g/mol. The minimum Gasteiger partial charge on any atom is -0.373 e. The number of aromatic nitrogens is 1. The molecule has 1 aromatic heterocycles. The maximum atomic E-state index is 12.1. The molecule has 0 amide bonds. The van der Waals surface area contributed by atoms with E-state index in [1.807, 2.05) is 30.3 Å². The summed E-state index contributed by atoms with van der Waals surface area (Å²) in [5.41, 5.74) is 1.69. The van der Waals surface area contributed by atoms with Crippen LogP contribution in [0.15, 0.2) is 35.1 Å². The van der Waals surface area contributed by atoms with Gasteiger partial charge in [-0.05, 0) is 36.8 Å². The van der Waals surface area contributed by atoms with E-state index in [0.29, 0.717) is 24.8 Å². The molecule has 4 nitrogen and oxygen atoms in total. The second-order valence-electron chi connectivity index (χ2n) is 5.81. The van der Waals surface area contributed by atoms with Crippen molar-refractivity contribution in [2.75, 3.05) is 0 Å². The fraction of sp³-hybridized carbons (Fsp3) is 0.438. The number of hydrogen-bond acceptors (Lipinski definition) is 3. The Morgan fingerprint density at radius 1 is 1.30 bits per heavy atom. The highest BCUT2D eigenvalue weighted by molar-refractivity contribution is 5.78. The monoisotopic (exact) mass is 270 g/mol. The normalized spacial score (nSPS) is 28.3. The second kappa shape index (κ2) is 4.72. The summed E-state index contributed by atoms with van der Waals surface area (Å²) in [6, 6.07) is 10.3. The van der Waals surface area contributed by atoms with Crippen molar-refractivity contribution >= 4 is 10.9 Å². The third-order valence-corrected chi connectivity index (χ3v) is 4.49. The summed E-state index contributed by atoms with van der Waals surface area (Å²) < 4.78 is 5.83. The molecule has 2 N–H and O–H groups in total. The maximum absolute atomic E-state index is 12.1. The molecule has 3 heterocycles. The van der Waals surface area contributed by atoms with Gasteiger partial charge in [0.15, 0.2) is 0 Å². The van der Waals surface area contributed by atoms with Crippen LogP contribution in [0.5, 0.6) is 0 Å². The van der Waals surface area contributed by atoms with E-state index >= 15 is 0 Å². The number of ether oxygens (including phenoxy) is 1. The standard InChI is InChI=1S/C16H18N2O2/c19-16-11(7-10-3-1-2-4-13(10)18-16)9-17-14-8-12-5-6-15(14)20-12/h1-4,7,12,14-15,17H,5-6,8-9H2,(H,18,19). The van der Waals surface area contributed by atoms with Crippen molar-refractivity contribution in [3.05, 3.63) is 46.2 Å². The van der Waals surface area contributed by atoms with Crippen LogP contribution >= 0.6 is 0 Å². The summed E-state index contributed by atoms with van der Waals surface area (Å²) in [7, 11) is 0. The molecule has 2 aromatic rings. The molecule has 2 aliphatic rings. The molecule has 2 aliphatic heterocycles. The van der Waals surface area contributed by atoms with Crippen molar-refractivity contribution in [3.8, 4) is 0 Å². The first-order valence-electron chi connectivity index (χ1n) is 7.29. The van der Waals surface area contributed by atoms with Crippen molar-refractivity contribution in [3.63, 3.8) is 0 Å². The van der Waals surface area contributed by atoms with Crippen molar-refractivity contribution in [1.82, 2.24) is 10.3 Å². The molecule has 2 fully saturated rings. The molecule has 4 heteroatoms. The van der Waals surface area contributed by atoms with Crippen molar-refractivity contribution < 1.29 is 4.74 Å². The fourth-order valence-corrected chi connectivity index (χ4v) is 3.42. The summed E-state index contributed by atoms with van der Waals surface area (Å²) in [5.74, 6) is 0. The van der Waals surface area contributed by atoms with Gasteiger partial charge in [0.05, 0.1) is 12.2 Å². The van der Waals surface area contributed by atoms with Gasteiger partial charge in [-0.2, -0.15) is 0 Å². The van der Waals surface area contributed by atoms with Crippen LogP contribution in [0.4, 0.5) is 0 Å². The molecule has 2 saturated heterocycles. The van der Waals surface area contributed by atoms with Gasteiger partial charge in [-0.1, -0.05) is 18.2 Å². The van der Waals surface area contributed by atoms with Crippen LogP contribution in [-0.4, -0.2) is 23.2 Å². The van der Waals surface area contributed by atoms with E-state index in [4.69, 9.17) is 4.74 Å². The molecule has 1 aromatic carbocycles. The van der Waals surface area contributed by atoms with Gasteiger partial charge in [0.25, 0.3) is 5.56 Å². The number of rotatable bonds is 3. The SMILES string of the molecule is O=c1[nH]c2ccccc2cc1CNC1CC2CCC1O2. The lowest BCUT2D eigenvalue weighted by atomic mass is 9.95. The number of benzene rings is 1. The zero-order valence-corrected chi connectivity index (χ0v) is 11.3. The molecule has 0 spiro atoms. The van der Waals surface area contributed by atoms with Crippen LogP contribution in [0.2, 0.25) is 0 Å². The number of nitrogens with one attached hydrogen (secondary N) is 2. The van der Waals surface area contributed by atoms with E-state index < -0.39 is 0 Å².